The highest BCUT2D eigenvalue weighted by Gasteiger charge is 2.23. The van der Waals surface area contributed by atoms with Crippen LogP contribution in [0.1, 0.15) is 13.3 Å². The fourth-order valence-corrected chi connectivity index (χ4v) is 2.98. The predicted octanol–water partition coefficient (Wildman–Crippen LogP) is -0.0695. The van der Waals surface area contributed by atoms with E-state index in [0.717, 1.165) is 13.1 Å². The third kappa shape index (κ3) is 4.19. The molecular formula is C10H19NO4S. The van der Waals surface area contributed by atoms with Crippen LogP contribution in [0.2, 0.25) is 0 Å². The first-order valence-corrected chi connectivity index (χ1v) is 6.93. The average Bonchev–Trinajstić information content (AvgIpc) is 2.28. The third-order valence-corrected chi connectivity index (χ3v) is 4.43. The van der Waals surface area contributed by atoms with Crippen molar-refractivity contribution < 1.29 is 18.8 Å². The minimum absolute atomic E-state index is 0.422. The highest BCUT2D eigenvalue weighted by Crippen LogP contribution is 2.04. The fraction of sp³-hybridized carbons (Fsp3) is 0.900. The van der Waals surface area contributed by atoms with E-state index in [2.05, 4.69) is 4.90 Å². The monoisotopic (exact) mass is 249 g/mol. The molecule has 1 saturated heterocycles. The van der Waals surface area contributed by atoms with E-state index in [4.69, 9.17) is 9.84 Å². The first kappa shape index (κ1) is 13.6. The normalized spacial score (nSPS) is 21.6. The molecule has 2 atom stereocenters. The SMILES string of the molecule is CCC(C(=O)O)S(=O)CCN1CCOCC1. The van der Waals surface area contributed by atoms with Gasteiger partial charge in [-0.2, -0.15) is 0 Å². The smallest absolute Gasteiger partial charge is 0.319 e. The lowest BCUT2D eigenvalue weighted by Crippen LogP contribution is -2.40. The summed E-state index contributed by atoms with van der Waals surface area (Å²) in [5.74, 6) is -0.520. The van der Waals surface area contributed by atoms with Crippen LogP contribution < -0.4 is 0 Å². The van der Waals surface area contributed by atoms with Crippen molar-refractivity contribution in [1.29, 1.82) is 0 Å². The Morgan fingerprint density at radius 1 is 1.50 bits per heavy atom. The lowest BCUT2D eigenvalue weighted by molar-refractivity contribution is -0.136. The maximum absolute atomic E-state index is 11.7. The minimum atomic E-state index is -1.27. The average molecular weight is 249 g/mol. The molecule has 94 valence electrons. The van der Waals surface area contributed by atoms with Gasteiger partial charge in [-0.05, 0) is 6.42 Å². The predicted molar refractivity (Wildman–Crippen MR) is 62.0 cm³/mol. The molecule has 0 saturated carbocycles. The zero-order valence-corrected chi connectivity index (χ0v) is 10.4. The number of ether oxygens (including phenoxy) is 1. The van der Waals surface area contributed by atoms with Gasteiger partial charge in [0.1, 0.15) is 5.25 Å². The van der Waals surface area contributed by atoms with Gasteiger partial charge in [-0.3, -0.25) is 13.9 Å². The van der Waals surface area contributed by atoms with Gasteiger partial charge in [-0.15, -0.1) is 0 Å². The first-order valence-electron chi connectivity index (χ1n) is 5.55. The molecule has 0 amide bonds. The van der Waals surface area contributed by atoms with Crippen molar-refractivity contribution in [3.63, 3.8) is 0 Å². The van der Waals surface area contributed by atoms with Crippen LogP contribution in [0.3, 0.4) is 0 Å². The number of carboxylic acids is 1. The van der Waals surface area contributed by atoms with Gasteiger partial charge in [0.15, 0.2) is 0 Å². The van der Waals surface area contributed by atoms with E-state index < -0.39 is 22.0 Å². The summed E-state index contributed by atoms with van der Waals surface area (Å²) in [6, 6.07) is 0. The maximum atomic E-state index is 11.7. The van der Waals surface area contributed by atoms with Crippen molar-refractivity contribution in [2.24, 2.45) is 0 Å². The van der Waals surface area contributed by atoms with Crippen molar-refractivity contribution in [1.82, 2.24) is 4.90 Å². The molecule has 6 heteroatoms. The zero-order valence-electron chi connectivity index (χ0n) is 9.55. The molecule has 0 aliphatic carbocycles. The molecule has 5 nitrogen and oxygen atoms in total. The third-order valence-electron chi connectivity index (χ3n) is 2.68. The van der Waals surface area contributed by atoms with Crippen molar-refractivity contribution in [2.45, 2.75) is 18.6 Å². The summed E-state index contributed by atoms with van der Waals surface area (Å²) >= 11 is 0. The van der Waals surface area contributed by atoms with Gasteiger partial charge in [0, 0.05) is 36.2 Å². The van der Waals surface area contributed by atoms with E-state index in [9.17, 15) is 9.00 Å². The van der Waals surface area contributed by atoms with Gasteiger partial charge in [0.2, 0.25) is 0 Å². The van der Waals surface area contributed by atoms with Crippen LogP contribution in [0, 0.1) is 0 Å². The second-order valence-corrected chi connectivity index (χ2v) is 5.51. The zero-order chi connectivity index (χ0) is 12.0. The molecular weight excluding hydrogens is 230 g/mol. The largest absolute Gasteiger partial charge is 0.480 e. The molecule has 1 fully saturated rings. The van der Waals surface area contributed by atoms with Gasteiger partial charge in [0.05, 0.1) is 13.2 Å². The molecule has 16 heavy (non-hydrogen) atoms. The second-order valence-electron chi connectivity index (χ2n) is 3.77. The standard InChI is InChI=1S/C10H19NO4S/c1-2-9(10(12)13)16(14)8-5-11-3-6-15-7-4-11/h9H,2-8H2,1H3,(H,12,13). The van der Waals surface area contributed by atoms with Crippen LogP contribution in [0.5, 0.6) is 0 Å². The van der Waals surface area contributed by atoms with E-state index in [1.807, 2.05) is 0 Å². The Bertz CT molecular complexity index is 253. The van der Waals surface area contributed by atoms with Gasteiger partial charge in [0.25, 0.3) is 0 Å². The number of hydrogen-bond acceptors (Lipinski definition) is 4. The van der Waals surface area contributed by atoms with Crippen molar-refractivity contribution >= 4 is 16.8 Å². The van der Waals surface area contributed by atoms with Crippen molar-refractivity contribution in [2.75, 3.05) is 38.6 Å². The van der Waals surface area contributed by atoms with E-state index in [-0.39, 0.29) is 0 Å². The first-order chi connectivity index (χ1) is 7.65. The molecule has 1 N–H and O–H groups in total. The van der Waals surface area contributed by atoms with Crippen LogP contribution in [0.25, 0.3) is 0 Å². The lowest BCUT2D eigenvalue weighted by Gasteiger charge is -2.26. The molecule has 1 rings (SSSR count). The maximum Gasteiger partial charge on any atom is 0.319 e. The molecule has 0 aromatic carbocycles. The summed E-state index contributed by atoms with van der Waals surface area (Å²) in [5, 5.41) is 8.13. The summed E-state index contributed by atoms with van der Waals surface area (Å²) in [5.41, 5.74) is 0. The number of aliphatic carboxylic acids is 1. The highest BCUT2D eigenvalue weighted by molar-refractivity contribution is 7.86. The summed E-state index contributed by atoms with van der Waals surface area (Å²) in [6.07, 6.45) is 0.422. The molecule has 0 radical (unpaired) electrons. The number of morpholine rings is 1. The van der Waals surface area contributed by atoms with Gasteiger partial charge in [-0.25, -0.2) is 0 Å². The molecule has 1 aliphatic rings. The molecule has 0 aromatic heterocycles. The van der Waals surface area contributed by atoms with Gasteiger partial charge in [-0.1, -0.05) is 6.92 Å². The Morgan fingerprint density at radius 2 is 2.12 bits per heavy atom. The summed E-state index contributed by atoms with van der Waals surface area (Å²) in [6.45, 7) is 5.57. The van der Waals surface area contributed by atoms with Gasteiger partial charge < -0.3 is 9.84 Å². The van der Waals surface area contributed by atoms with E-state index in [1.54, 1.807) is 6.92 Å². The Kier molecular flexibility index (Phi) is 5.94. The Hall–Kier alpha value is -0.460. The van der Waals surface area contributed by atoms with Crippen LogP contribution >= 0.6 is 0 Å². The number of rotatable bonds is 6. The number of carbonyl (C=O) groups is 1. The number of nitrogens with zero attached hydrogens (tertiary/aromatic N) is 1. The van der Waals surface area contributed by atoms with E-state index in [0.29, 0.717) is 31.9 Å². The lowest BCUT2D eigenvalue weighted by atomic mass is 10.3. The molecule has 2 unspecified atom stereocenters. The Balaban J connectivity index is 2.30. The Labute approximate surface area is 98.2 Å². The minimum Gasteiger partial charge on any atom is -0.480 e. The van der Waals surface area contributed by atoms with Crippen LogP contribution in [-0.2, 0) is 20.3 Å². The van der Waals surface area contributed by atoms with Crippen molar-refractivity contribution in [3.8, 4) is 0 Å². The molecule has 1 aliphatic heterocycles. The topological polar surface area (TPSA) is 66.8 Å². The summed E-state index contributed by atoms with van der Waals surface area (Å²) in [4.78, 5) is 13.0. The van der Waals surface area contributed by atoms with Gasteiger partial charge >= 0.3 is 5.97 Å². The second kappa shape index (κ2) is 6.98. The summed E-state index contributed by atoms with van der Waals surface area (Å²) in [7, 11) is -1.27. The van der Waals surface area contributed by atoms with E-state index >= 15 is 0 Å². The van der Waals surface area contributed by atoms with Crippen LogP contribution in [-0.4, -0.2) is 64.0 Å². The molecule has 0 bridgehead atoms. The number of carboxylic acid groups (broad SMARTS) is 1. The van der Waals surface area contributed by atoms with Crippen LogP contribution in [0.15, 0.2) is 0 Å². The van der Waals surface area contributed by atoms with Crippen LogP contribution in [0.4, 0.5) is 0 Å². The number of hydrogen-bond donors (Lipinski definition) is 1. The van der Waals surface area contributed by atoms with E-state index in [1.165, 1.54) is 0 Å². The quantitative estimate of drug-likeness (QED) is 0.714. The summed E-state index contributed by atoms with van der Waals surface area (Å²) < 4.78 is 16.9. The molecule has 0 spiro atoms. The fourth-order valence-electron chi connectivity index (χ4n) is 1.66. The molecule has 1 heterocycles. The molecule has 0 aromatic rings. The highest BCUT2D eigenvalue weighted by atomic mass is 32.2. The Morgan fingerprint density at radius 3 is 2.62 bits per heavy atom. The van der Waals surface area contributed by atoms with Crippen molar-refractivity contribution in [3.05, 3.63) is 0 Å².